The van der Waals surface area contributed by atoms with Gasteiger partial charge in [0, 0.05) is 0 Å². The molecular weight excluding hydrogens is 224 g/mol. The highest BCUT2D eigenvalue weighted by molar-refractivity contribution is 6.29. The Morgan fingerprint density at radius 1 is 1.38 bits per heavy atom. The molecule has 2 aromatic rings. The maximum absolute atomic E-state index is 6.13. The van der Waals surface area contributed by atoms with E-state index in [1.807, 2.05) is 37.3 Å². The van der Waals surface area contributed by atoms with Crippen molar-refractivity contribution >= 4 is 11.6 Å². The molecule has 0 spiro atoms. The summed E-state index contributed by atoms with van der Waals surface area (Å²) in [6, 6.07) is 9.53. The van der Waals surface area contributed by atoms with E-state index in [9.17, 15) is 0 Å². The molecule has 4 heteroatoms. The van der Waals surface area contributed by atoms with Crippen molar-refractivity contribution < 1.29 is 4.74 Å². The summed E-state index contributed by atoms with van der Waals surface area (Å²) in [6.45, 7) is 2.05. The van der Waals surface area contributed by atoms with Crippen molar-refractivity contribution in [2.45, 2.75) is 13.3 Å². The van der Waals surface area contributed by atoms with Gasteiger partial charge in [-0.05, 0) is 24.6 Å². The lowest BCUT2D eigenvalue weighted by Crippen LogP contribution is -2.00. The van der Waals surface area contributed by atoms with E-state index in [0.29, 0.717) is 5.15 Å². The van der Waals surface area contributed by atoms with Crippen molar-refractivity contribution in [3.8, 4) is 11.4 Å². The molecule has 16 heavy (non-hydrogen) atoms. The molecule has 1 heterocycles. The average molecular weight is 237 g/mol. The second-order valence-corrected chi connectivity index (χ2v) is 3.78. The van der Waals surface area contributed by atoms with Gasteiger partial charge in [-0.15, -0.1) is 0 Å². The Morgan fingerprint density at radius 2 is 2.12 bits per heavy atom. The van der Waals surface area contributed by atoms with E-state index in [4.69, 9.17) is 16.3 Å². The van der Waals surface area contributed by atoms with Crippen molar-refractivity contribution in [2.24, 2.45) is 0 Å². The number of aromatic nitrogens is 2. The van der Waals surface area contributed by atoms with E-state index in [0.717, 1.165) is 23.6 Å². The Labute approximate surface area is 99.6 Å². The number of benzene rings is 1. The van der Waals surface area contributed by atoms with Crippen LogP contribution in [0.4, 0.5) is 0 Å². The van der Waals surface area contributed by atoms with Crippen LogP contribution in [-0.2, 0) is 6.42 Å². The molecule has 0 N–H and O–H groups in total. The Kier molecular flexibility index (Phi) is 3.15. The van der Waals surface area contributed by atoms with Gasteiger partial charge in [-0.25, -0.2) is 4.68 Å². The second-order valence-electron chi connectivity index (χ2n) is 3.40. The van der Waals surface area contributed by atoms with Crippen LogP contribution in [0, 0.1) is 0 Å². The first-order valence-electron chi connectivity index (χ1n) is 5.14. The monoisotopic (exact) mass is 236 g/mol. The minimum Gasteiger partial charge on any atom is -0.494 e. The van der Waals surface area contributed by atoms with Crippen molar-refractivity contribution in [1.29, 1.82) is 0 Å². The molecule has 0 aliphatic carbocycles. The molecule has 0 atom stereocenters. The first-order valence-corrected chi connectivity index (χ1v) is 5.52. The molecule has 0 bridgehead atoms. The molecule has 1 aromatic heterocycles. The fourth-order valence-electron chi connectivity index (χ4n) is 1.55. The third kappa shape index (κ3) is 1.91. The summed E-state index contributed by atoms with van der Waals surface area (Å²) in [5.41, 5.74) is 1.82. The van der Waals surface area contributed by atoms with Gasteiger partial charge in [-0.1, -0.05) is 30.7 Å². The molecule has 0 aliphatic rings. The highest BCUT2D eigenvalue weighted by atomic mass is 35.5. The van der Waals surface area contributed by atoms with E-state index < -0.39 is 0 Å². The fourth-order valence-corrected chi connectivity index (χ4v) is 1.80. The van der Waals surface area contributed by atoms with Gasteiger partial charge < -0.3 is 4.74 Å². The van der Waals surface area contributed by atoms with Crippen LogP contribution in [0.3, 0.4) is 0 Å². The van der Waals surface area contributed by atoms with Gasteiger partial charge in [0.05, 0.1) is 12.8 Å². The van der Waals surface area contributed by atoms with Gasteiger partial charge in [-0.2, -0.15) is 5.10 Å². The van der Waals surface area contributed by atoms with Crippen molar-refractivity contribution in [2.75, 3.05) is 7.11 Å². The molecule has 1 aromatic carbocycles. The standard InChI is InChI=1S/C12H13ClN2O/c1-3-9-8-12(13)15(14-9)10-6-4-5-7-11(10)16-2/h4-8H,3H2,1-2H3. The second kappa shape index (κ2) is 4.58. The minimum absolute atomic E-state index is 0.598. The van der Waals surface area contributed by atoms with Gasteiger partial charge in [0.25, 0.3) is 0 Å². The van der Waals surface area contributed by atoms with Crippen molar-refractivity contribution in [3.05, 3.63) is 41.2 Å². The third-order valence-electron chi connectivity index (χ3n) is 2.39. The normalized spacial score (nSPS) is 10.4. The number of hydrogen-bond acceptors (Lipinski definition) is 2. The number of ether oxygens (including phenoxy) is 1. The van der Waals surface area contributed by atoms with Crippen LogP contribution in [0.5, 0.6) is 5.75 Å². The highest BCUT2D eigenvalue weighted by Crippen LogP contribution is 2.25. The Hall–Kier alpha value is -1.48. The molecule has 0 saturated heterocycles. The largest absolute Gasteiger partial charge is 0.494 e. The molecule has 0 fully saturated rings. The van der Waals surface area contributed by atoms with Crippen LogP contribution in [0.2, 0.25) is 5.15 Å². The van der Waals surface area contributed by atoms with Crippen LogP contribution in [0.15, 0.2) is 30.3 Å². The summed E-state index contributed by atoms with van der Waals surface area (Å²) in [5, 5.41) is 5.01. The minimum atomic E-state index is 0.598. The molecule has 3 nitrogen and oxygen atoms in total. The number of halogens is 1. The van der Waals surface area contributed by atoms with Gasteiger partial charge in [0.15, 0.2) is 0 Å². The number of hydrogen-bond donors (Lipinski definition) is 0. The summed E-state index contributed by atoms with van der Waals surface area (Å²) in [4.78, 5) is 0. The van der Waals surface area contributed by atoms with Crippen LogP contribution in [0.25, 0.3) is 5.69 Å². The van der Waals surface area contributed by atoms with Gasteiger partial charge >= 0.3 is 0 Å². The van der Waals surface area contributed by atoms with Crippen LogP contribution < -0.4 is 4.74 Å². The summed E-state index contributed by atoms with van der Waals surface area (Å²) < 4.78 is 6.97. The molecular formula is C12H13ClN2O. The predicted molar refractivity (Wildman–Crippen MR) is 64.5 cm³/mol. The molecule has 0 unspecified atom stereocenters. The zero-order chi connectivity index (χ0) is 11.5. The SMILES string of the molecule is CCc1cc(Cl)n(-c2ccccc2OC)n1. The van der Waals surface area contributed by atoms with Gasteiger partial charge in [0.2, 0.25) is 0 Å². The molecule has 0 saturated carbocycles. The van der Waals surface area contributed by atoms with E-state index in [1.165, 1.54) is 0 Å². The zero-order valence-corrected chi connectivity index (χ0v) is 10.0. The lowest BCUT2D eigenvalue weighted by Gasteiger charge is -2.08. The Balaban J connectivity index is 2.53. The Bertz CT molecular complexity index is 494. The topological polar surface area (TPSA) is 27.1 Å². The lowest BCUT2D eigenvalue weighted by molar-refractivity contribution is 0.411. The van der Waals surface area contributed by atoms with Crippen LogP contribution in [-0.4, -0.2) is 16.9 Å². The van der Waals surface area contributed by atoms with Crippen molar-refractivity contribution in [3.63, 3.8) is 0 Å². The number of aryl methyl sites for hydroxylation is 1. The first kappa shape index (κ1) is 11.0. The maximum atomic E-state index is 6.13. The summed E-state index contributed by atoms with van der Waals surface area (Å²) in [6.07, 6.45) is 0.863. The number of para-hydroxylation sites is 2. The molecule has 0 radical (unpaired) electrons. The van der Waals surface area contributed by atoms with Gasteiger partial charge in [0.1, 0.15) is 16.6 Å². The quantitative estimate of drug-likeness (QED) is 0.819. The van der Waals surface area contributed by atoms with E-state index in [-0.39, 0.29) is 0 Å². The van der Waals surface area contributed by atoms with Crippen LogP contribution in [0.1, 0.15) is 12.6 Å². The number of nitrogens with zero attached hydrogens (tertiary/aromatic N) is 2. The molecule has 2 rings (SSSR count). The number of rotatable bonds is 3. The van der Waals surface area contributed by atoms with Crippen molar-refractivity contribution in [1.82, 2.24) is 9.78 Å². The number of methoxy groups -OCH3 is 1. The predicted octanol–water partition coefficient (Wildman–Crippen LogP) is 3.10. The summed E-state index contributed by atoms with van der Waals surface area (Å²) >= 11 is 6.13. The average Bonchev–Trinajstić information content (AvgIpc) is 2.70. The van der Waals surface area contributed by atoms with E-state index in [1.54, 1.807) is 11.8 Å². The zero-order valence-electron chi connectivity index (χ0n) is 9.27. The molecule has 84 valence electrons. The highest BCUT2D eigenvalue weighted by Gasteiger charge is 2.10. The fraction of sp³-hybridized carbons (Fsp3) is 0.250. The maximum Gasteiger partial charge on any atom is 0.144 e. The summed E-state index contributed by atoms with van der Waals surface area (Å²) in [7, 11) is 1.64. The van der Waals surface area contributed by atoms with E-state index >= 15 is 0 Å². The van der Waals surface area contributed by atoms with E-state index in [2.05, 4.69) is 5.10 Å². The summed E-state index contributed by atoms with van der Waals surface area (Å²) in [5.74, 6) is 0.759. The smallest absolute Gasteiger partial charge is 0.144 e. The first-order chi connectivity index (χ1) is 7.76. The van der Waals surface area contributed by atoms with Crippen LogP contribution >= 0.6 is 11.6 Å². The molecule has 0 aliphatic heterocycles. The lowest BCUT2D eigenvalue weighted by atomic mass is 10.3. The third-order valence-corrected chi connectivity index (χ3v) is 2.66. The molecule has 0 amide bonds. The Morgan fingerprint density at radius 3 is 2.75 bits per heavy atom. The van der Waals surface area contributed by atoms with Gasteiger partial charge in [-0.3, -0.25) is 0 Å².